The first-order chi connectivity index (χ1) is 15.1. The predicted octanol–water partition coefficient (Wildman–Crippen LogP) is 2.17. The molecule has 32 heavy (non-hydrogen) atoms. The van der Waals surface area contributed by atoms with Gasteiger partial charge in [0, 0.05) is 37.7 Å². The Morgan fingerprint density at radius 2 is 2.03 bits per heavy atom. The minimum atomic E-state index is -0.806. The van der Waals surface area contributed by atoms with Gasteiger partial charge in [0.2, 0.25) is 11.8 Å². The third-order valence-electron chi connectivity index (χ3n) is 4.18. The van der Waals surface area contributed by atoms with Crippen LogP contribution in [0.5, 0.6) is 5.88 Å². The number of aromatic nitrogens is 2. The number of nitrogens with zero attached hydrogens (tertiary/aromatic N) is 2. The summed E-state index contributed by atoms with van der Waals surface area (Å²) in [6.07, 6.45) is 0. The first-order valence-electron chi connectivity index (χ1n) is 9.61. The summed E-state index contributed by atoms with van der Waals surface area (Å²) in [6.45, 7) is 4.57. The van der Waals surface area contributed by atoms with E-state index in [2.05, 4.69) is 20.0 Å². The van der Waals surface area contributed by atoms with Gasteiger partial charge in [-0.25, -0.2) is 8.78 Å². The number of anilines is 1. The predicted molar refractivity (Wildman–Crippen MR) is 113 cm³/mol. The number of halogens is 3. The van der Waals surface area contributed by atoms with Crippen molar-refractivity contribution in [2.45, 2.75) is 33.4 Å². The van der Waals surface area contributed by atoms with Gasteiger partial charge in [-0.2, -0.15) is 4.98 Å². The molecule has 0 spiro atoms. The Hall–Kier alpha value is -3.21. The largest absolute Gasteiger partial charge is 0.471 e. The van der Waals surface area contributed by atoms with Crippen LogP contribution in [0.3, 0.4) is 0 Å². The minimum Gasteiger partial charge on any atom is -0.471 e. The number of carbonyl (C=O) groups excluding carboxylic acids is 2. The number of aromatic amines is 1. The van der Waals surface area contributed by atoms with Crippen LogP contribution in [-0.4, -0.2) is 47.6 Å². The van der Waals surface area contributed by atoms with Crippen molar-refractivity contribution in [3.05, 3.63) is 50.8 Å². The van der Waals surface area contributed by atoms with Crippen molar-refractivity contribution < 1.29 is 27.8 Å². The van der Waals surface area contributed by atoms with Gasteiger partial charge in [0.1, 0.15) is 18.2 Å². The van der Waals surface area contributed by atoms with Gasteiger partial charge < -0.3 is 19.7 Å². The third kappa shape index (κ3) is 7.19. The molecule has 1 aromatic heterocycles. The van der Waals surface area contributed by atoms with Crippen LogP contribution in [0.25, 0.3) is 0 Å². The third-order valence-corrected chi connectivity index (χ3v) is 4.51. The zero-order valence-electron chi connectivity index (χ0n) is 17.7. The summed E-state index contributed by atoms with van der Waals surface area (Å²) in [6, 6.07) is 2.86. The van der Waals surface area contributed by atoms with Gasteiger partial charge >= 0.3 is 5.97 Å². The second-order valence-corrected chi connectivity index (χ2v) is 7.33. The summed E-state index contributed by atoms with van der Waals surface area (Å²) < 4.78 is 36.9. The van der Waals surface area contributed by atoms with Gasteiger partial charge in [-0.3, -0.25) is 19.4 Å². The van der Waals surface area contributed by atoms with E-state index >= 15 is 0 Å². The standard InChI is InChI=1S/C20H23ClF2N4O5/c1-11(2)27(7-6-24-16(29)10-31-12(3)28)20-25-18(30)17(21)19(26-20)32-9-13-4-5-14(22)8-15(13)23/h4-5,8,11H,6-7,9-10H2,1-3H3,(H,24,29)(H,25,26,30). The molecular formula is C20H23ClF2N4O5. The van der Waals surface area contributed by atoms with E-state index in [1.165, 1.54) is 13.0 Å². The quantitative estimate of drug-likeness (QED) is 0.509. The average molecular weight is 473 g/mol. The summed E-state index contributed by atoms with van der Waals surface area (Å²) in [5, 5.41) is 2.26. The fraction of sp³-hybridized carbons (Fsp3) is 0.400. The van der Waals surface area contributed by atoms with Crippen LogP contribution in [0.15, 0.2) is 23.0 Å². The molecule has 0 fully saturated rings. The lowest BCUT2D eigenvalue weighted by molar-refractivity contribution is -0.146. The number of benzene rings is 1. The van der Waals surface area contributed by atoms with Crippen molar-refractivity contribution in [3.63, 3.8) is 0 Å². The first-order valence-corrected chi connectivity index (χ1v) is 9.99. The van der Waals surface area contributed by atoms with Crippen molar-refractivity contribution in [2.24, 2.45) is 0 Å². The highest BCUT2D eigenvalue weighted by molar-refractivity contribution is 6.31. The minimum absolute atomic E-state index is 0.0577. The van der Waals surface area contributed by atoms with Gasteiger partial charge in [-0.05, 0) is 26.0 Å². The molecule has 0 aliphatic carbocycles. The number of H-pyrrole nitrogens is 1. The van der Waals surface area contributed by atoms with E-state index in [-0.39, 0.29) is 48.2 Å². The van der Waals surface area contributed by atoms with Crippen molar-refractivity contribution in [3.8, 4) is 5.88 Å². The van der Waals surface area contributed by atoms with E-state index in [4.69, 9.17) is 16.3 Å². The highest BCUT2D eigenvalue weighted by Crippen LogP contribution is 2.22. The second-order valence-electron chi connectivity index (χ2n) is 6.95. The lowest BCUT2D eigenvalue weighted by Crippen LogP contribution is -2.41. The molecule has 0 saturated heterocycles. The molecule has 1 aromatic carbocycles. The molecular weight excluding hydrogens is 450 g/mol. The SMILES string of the molecule is CC(=O)OCC(=O)NCCN(c1nc(OCc2ccc(F)cc2F)c(Cl)c(=O)[nH]1)C(C)C. The van der Waals surface area contributed by atoms with E-state index in [0.29, 0.717) is 6.07 Å². The summed E-state index contributed by atoms with van der Waals surface area (Å²) in [5.41, 5.74) is -0.613. The molecule has 0 saturated carbocycles. The number of ether oxygens (including phenoxy) is 2. The van der Waals surface area contributed by atoms with E-state index < -0.39 is 35.7 Å². The zero-order valence-corrected chi connectivity index (χ0v) is 18.5. The van der Waals surface area contributed by atoms with Gasteiger partial charge in [-0.1, -0.05) is 11.6 Å². The second kappa shape index (κ2) is 11.4. The molecule has 2 aromatic rings. The topological polar surface area (TPSA) is 114 Å². The number of carbonyl (C=O) groups is 2. The van der Waals surface area contributed by atoms with Gasteiger partial charge in [0.05, 0.1) is 0 Å². The summed E-state index contributed by atoms with van der Waals surface area (Å²) in [5.74, 6) is -2.68. The Kier molecular flexibility index (Phi) is 8.94. The monoisotopic (exact) mass is 472 g/mol. The average Bonchev–Trinajstić information content (AvgIpc) is 2.71. The van der Waals surface area contributed by atoms with Crippen molar-refractivity contribution in [1.29, 1.82) is 0 Å². The van der Waals surface area contributed by atoms with Crippen LogP contribution in [0.1, 0.15) is 26.3 Å². The maximum atomic E-state index is 13.8. The Morgan fingerprint density at radius 3 is 2.66 bits per heavy atom. The lowest BCUT2D eigenvalue weighted by atomic mass is 10.2. The Labute approximate surface area is 187 Å². The zero-order chi connectivity index (χ0) is 23.8. The Balaban J connectivity index is 2.12. The van der Waals surface area contributed by atoms with E-state index in [1.807, 2.05) is 13.8 Å². The molecule has 0 bridgehead atoms. The van der Waals surface area contributed by atoms with E-state index in [1.54, 1.807) is 4.90 Å². The smallest absolute Gasteiger partial charge is 0.303 e. The maximum Gasteiger partial charge on any atom is 0.303 e. The highest BCUT2D eigenvalue weighted by Gasteiger charge is 2.19. The molecule has 0 radical (unpaired) electrons. The number of esters is 1. The van der Waals surface area contributed by atoms with Crippen molar-refractivity contribution in [1.82, 2.24) is 15.3 Å². The van der Waals surface area contributed by atoms with Crippen LogP contribution >= 0.6 is 11.6 Å². The molecule has 12 heteroatoms. The molecule has 2 rings (SSSR count). The molecule has 174 valence electrons. The van der Waals surface area contributed by atoms with Gasteiger partial charge in [-0.15, -0.1) is 0 Å². The maximum absolute atomic E-state index is 13.8. The number of rotatable bonds is 10. The Morgan fingerprint density at radius 1 is 1.31 bits per heavy atom. The molecule has 0 aliphatic rings. The molecule has 2 N–H and O–H groups in total. The summed E-state index contributed by atoms with van der Waals surface area (Å²) in [4.78, 5) is 43.1. The fourth-order valence-electron chi connectivity index (χ4n) is 2.59. The van der Waals surface area contributed by atoms with E-state index in [9.17, 15) is 23.2 Å². The van der Waals surface area contributed by atoms with Crippen LogP contribution < -0.4 is 20.5 Å². The molecule has 0 atom stereocenters. The number of hydrogen-bond acceptors (Lipinski definition) is 7. The van der Waals surface area contributed by atoms with Crippen LogP contribution in [-0.2, 0) is 20.9 Å². The summed E-state index contributed by atoms with van der Waals surface area (Å²) >= 11 is 5.98. The fourth-order valence-corrected chi connectivity index (χ4v) is 2.73. The van der Waals surface area contributed by atoms with E-state index in [0.717, 1.165) is 6.07 Å². The number of nitrogens with one attached hydrogen (secondary N) is 2. The molecule has 0 unspecified atom stereocenters. The Bertz CT molecular complexity index is 1030. The number of hydrogen-bond donors (Lipinski definition) is 2. The molecule has 1 heterocycles. The van der Waals surface area contributed by atoms with Crippen LogP contribution in [0.2, 0.25) is 5.02 Å². The van der Waals surface area contributed by atoms with Crippen molar-refractivity contribution in [2.75, 3.05) is 24.6 Å². The van der Waals surface area contributed by atoms with Crippen LogP contribution in [0.4, 0.5) is 14.7 Å². The first kappa shape index (κ1) is 25.1. The normalized spacial score (nSPS) is 10.7. The van der Waals surface area contributed by atoms with Crippen LogP contribution in [0, 0.1) is 11.6 Å². The highest BCUT2D eigenvalue weighted by atomic mass is 35.5. The lowest BCUT2D eigenvalue weighted by Gasteiger charge is -2.27. The molecule has 0 aliphatic heterocycles. The van der Waals surface area contributed by atoms with Gasteiger partial charge in [0.25, 0.3) is 11.5 Å². The molecule has 1 amide bonds. The van der Waals surface area contributed by atoms with Gasteiger partial charge in [0.15, 0.2) is 11.6 Å². The summed E-state index contributed by atoms with van der Waals surface area (Å²) in [7, 11) is 0. The number of amides is 1. The van der Waals surface area contributed by atoms with Crippen molar-refractivity contribution >= 4 is 29.4 Å². The molecule has 9 nitrogen and oxygen atoms in total.